The van der Waals surface area contributed by atoms with Gasteiger partial charge in [-0.15, -0.1) is 0 Å². The molecule has 1 spiro atoms. The Morgan fingerprint density at radius 2 is 1.81 bits per heavy atom. The first-order valence-corrected chi connectivity index (χ1v) is 12.2. The lowest BCUT2D eigenvalue weighted by Gasteiger charge is -2.61. The second-order valence-corrected chi connectivity index (χ2v) is 11.8. The minimum Gasteiger partial charge on any atom is -0.512 e. The van der Waals surface area contributed by atoms with Gasteiger partial charge >= 0.3 is 0 Å². The average Bonchev–Trinajstić information content (AvgIpc) is 3.36. The van der Waals surface area contributed by atoms with E-state index in [1.54, 1.807) is 19.3 Å². The Morgan fingerprint density at radius 1 is 1.06 bits per heavy atom. The van der Waals surface area contributed by atoms with Crippen molar-refractivity contribution in [3.05, 3.63) is 41.7 Å². The molecule has 31 heavy (non-hydrogen) atoms. The third-order valence-corrected chi connectivity index (χ3v) is 11.5. The van der Waals surface area contributed by atoms with Crippen molar-refractivity contribution in [2.75, 3.05) is 7.11 Å². The van der Waals surface area contributed by atoms with Gasteiger partial charge in [0.15, 0.2) is 0 Å². The summed E-state index contributed by atoms with van der Waals surface area (Å²) in [5.74, 6) is 1.92. The van der Waals surface area contributed by atoms with Gasteiger partial charge in [0, 0.05) is 12.5 Å². The van der Waals surface area contributed by atoms with Crippen molar-refractivity contribution < 1.29 is 20.1 Å². The average molecular weight is 425 g/mol. The van der Waals surface area contributed by atoms with E-state index in [2.05, 4.69) is 19.9 Å². The molecule has 0 aromatic heterocycles. The van der Waals surface area contributed by atoms with Crippen LogP contribution in [-0.4, -0.2) is 34.1 Å². The number of ether oxygens (including phenoxy) is 1. The topological polar surface area (TPSA) is 69.9 Å². The predicted octanol–water partition coefficient (Wildman–Crippen LogP) is 5.00. The zero-order valence-electron chi connectivity index (χ0n) is 19.0. The lowest BCUT2D eigenvalue weighted by atomic mass is 9.44. The number of fused-ring (bicyclic) bond motifs is 2. The van der Waals surface area contributed by atoms with E-state index in [-0.39, 0.29) is 22.2 Å². The fraction of sp³-hybridized carbons (Fsp3) is 0.704. The van der Waals surface area contributed by atoms with Crippen LogP contribution in [0.1, 0.15) is 57.9 Å². The van der Waals surface area contributed by atoms with E-state index < -0.39 is 11.7 Å². The van der Waals surface area contributed by atoms with Crippen LogP contribution in [0.2, 0.25) is 0 Å². The number of para-hydroxylation sites is 1. The van der Waals surface area contributed by atoms with E-state index >= 15 is 0 Å². The Hall–Kier alpha value is -1.52. The van der Waals surface area contributed by atoms with Crippen LogP contribution < -0.4 is 0 Å². The van der Waals surface area contributed by atoms with E-state index in [4.69, 9.17) is 4.74 Å². The van der Waals surface area contributed by atoms with Crippen LogP contribution in [0.4, 0.5) is 0 Å². The zero-order valence-corrected chi connectivity index (χ0v) is 19.0. The minimum absolute atomic E-state index is 0.0190. The molecule has 6 rings (SSSR count). The number of phenols is 1. The van der Waals surface area contributed by atoms with Crippen LogP contribution in [0.5, 0.6) is 5.75 Å². The molecule has 3 N–H and O–H groups in total. The summed E-state index contributed by atoms with van der Waals surface area (Å²) in [6, 6.07) is 7.75. The third-order valence-electron chi connectivity index (χ3n) is 11.5. The number of hydrogen-bond donors (Lipinski definition) is 3. The van der Waals surface area contributed by atoms with Crippen molar-refractivity contribution in [3.8, 4) is 5.75 Å². The first-order chi connectivity index (χ1) is 14.7. The number of hydrogen-bond acceptors (Lipinski definition) is 4. The summed E-state index contributed by atoms with van der Waals surface area (Å²) in [6.45, 7) is 4.78. The van der Waals surface area contributed by atoms with Crippen LogP contribution in [0.3, 0.4) is 0 Å². The molecule has 5 aliphatic carbocycles. The first-order valence-electron chi connectivity index (χ1n) is 12.2. The predicted molar refractivity (Wildman–Crippen MR) is 119 cm³/mol. The van der Waals surface area contributed by atoms with Crippen LogP contribution in [-0.2, 0) is 11.2 Å². The lowest BCUT2D eigenvalue weighted by Crippen LogP contribution is -2.64. The van der Waals surface area contributed by atoms with E-state index in [0.717, 1.165) is 31.2 Å². The maximum absolute atomic E-state index is 12.3. The highest BCUT2D eigenvalue weighted by molar-refractivity contribution is 5.41. The summed E-state index contributed by atoms with van der Waals surface area (Å²) in [7, 11) is 1.66. The van der Waals surface area contributed by atoms with Gasteiger partial charge in [-0.3, -0.25) is 0 Å². The van der Waals surface area contributed by atoms with Crippen LogP contribution in [0, 0.1) is 39.9 Å². The van der Waals surface area contributed by atoms with E-state index in [9.17, 15) is 15.3 Å². The highest BCUT2D eigenvalue weighted by Gasteiger charge is 2.86. The largest absolute Gasteiger partial charge is 0.512 e. The number of phenolic OH excluding ortho intramolecular Hbond substituents is 1. The van der Waals surface area contributed by atoms with Gasteiger partial charge in [-0.05, 0) is 91.2 Å². The number of methoxy groups -OCH3 is 1. The standard InChI is InChI=1S/C27H36O4/c1-24-18-9-11-26(10-8-16(15-26)12-17-6-4-5-7-20(17)28)25(24,2)19(13-18)23-21(29)14-22(31-3)27(23,24)30/h4-7,14,16,18-19,22-23,28-30H,8-13,15H2,1-3H3. The summed E-state index contributed by atoms with van der Waals surface area (Å²) < 4.78 is 5.78. The van der Waals surface area contributed by atoms with Crippen molar-refractivity contribution in [1.29, 1.82) is 0 Å². The molecule has 0 heterocycles. The summed E-state index contributed by atoms with van der Waals surface area (Å²) in [4.78, 5) is 0. The molecule has 4 nitrogen and oxygen atoms in total. The van der Waals surface area contributed by atoms with Crippen LogP contribution in [0.25, 0.3) is 0 Å². The van der Waals surface area contributed by atoms with Crippen molar-refractivity contribution >= 4 is 0 Å². The van der Waals surface area contributed by atoms with E-state index in [0.29, 0.717) is 29.3 Å². The molecule has 9 unspecified atom stereocenters. The number of benzene rings is 1. The van der Waals surface area contributed by atoms with Gasteiger partial charge in [0.1, 0.15) is 17.5 Å². The molecular formula is C27H36O4. The SMILES string of the molecule is COC1C=C(O)C2C3CC4CCC5(CCC(Cc6ccccc6O)C5)C3(C)C4(C)C12O. The van der Waals surface area contributed by atoms with Gasteiger partial charge in [-0.25, -0.2) is 0 Å². The van der Waals surface area contributed by atoms with Crippen molar-refractivity contribution in [2.45, 2.75) is 70.5 Å². The van der Waals surface area contributed by atoms with Gasteiger partial charge in [-0.2, -0.15) is 0 Å². The molecule has 1 aromatic rings. The van der Waals surface area contributed by atoms with Crippen LogP contribution >= 0.6 is 0 Å². The number of rotatable bonds is 3. The van der Waals surface area contributed by atoms with Gasteiger partial charge in [0.05, 0.1) is 11.7 Å². The van der Waals surface area contributed by atoms with Gasteiger partial charge in [0.25, 0.3) is 0 Å². The molecule has 5 aliphatic rings. The van der Waals surface area contributed by atoms with Gasteiger partial charge in [-0.1, -0.05) is 32.0 Å². The Balaban J connectivity index is 1.39. The monoisotopic (exact) mass is 424 g/mol. The van der Waals surface area contributed by atoms with Gasteiger partial charge in [0.2, 0.25) is 0 Å². The second kappa shape index (κ2) is 6.08. The molecule has 0 aliphatic heterocycles. The quantitative estimate of drug-likeness (QED) is 0.639. The molecule has 4 bridgehead atoms. The van der Waals surface area contributed by atoms with Gasteiger partial charge < -0.3 is 20.1 Å². The number of aliphatic hydroxyl groups is 2. The lowest BCUT2D eigenvalue weighted by molar-refractivity contribution is -0.218. The number of aromatic hydroxyl groups is 1. The van der Waals surface area contributed by atoms with Crippen molar-refractivity contribution in [3.63, 3.8) is 0 Å². The second-order valence-electron chi connectivity index (χ2n) is 11.8. The minimum atomic E-state index is -1.02. The molecule has 4 fully saturated rings. The Labute approximate surface area is 185 Å². The van der Waals surface area contributed by atoms with Crippen LogP contribution in [0.15, 0.2) is 36.1 Å². The maximum atomic E-state index is 12.3. The molecule has 0 amide bonds. The summed E-state index contributed by atoms with van der Waals surface area (Å²) in [5, 5.41) is 33.5. The highest BCUT2D eigenvalue weighted by atomic mass is 16.5. The molecule has 4 heteroatoms. The Morgan fingerprint density at radius 3 is 2.55 bits per heavy atom. The van der Waals surface area contributed by atoms with E-state index in [1.807, 2.05) is 12.1 Å². The Bertz CT molecular complexity index is 956. The summed E-state index contributed by atoms with van der Waals surface area (Å²) in [5.41, 5.74) is -0.0576. The van der Waals surface area contributed by atoms with E-state index in [1.165, 1.54) is 19.3 Å². The van der Waals surface area contributed by atoms with Crippen molar-refractivity contribution in [2.24, 2.45) is 39.9 Å². The Kier molecular flexibility index (Phi) is 3.94. The molecule has 4 saturated carbocycles. The molecule has 9 atom stereocenters. The molecule has 0 radical (unpaired) electrons. The fourth-order valence-electron chi connectivity index (χ4n) is 10.1. The third kappa shape index (κ3) is 2.02. The fourth-order valence-corrected chi connectivity index (χ4v) is 10.1. The van der Waals surface area contributed by atoms with Crippen molar-refractivity contribution in [1.82, 2.24) is 0 Å². The molecule has 0 saturated heterocycles. The molecular weight excluding hydrogens is 388 g/mol. The normalized spacial score (nSPS) is 52.0. The maximum Gasteiger partial charge on any atom is 0.118 e. The first kappa shape index (κ1) is 20.1. The molecule has 168 valence electrons. The summed E-state index contributed by atoms with van der Waals surface area (Å²) >= 11 is 0. The molecule has 1 aromatic carbocycles. The highest BCUT2D eigenvalue weighted by Crippen LogP contribution is 2.86. The zero-order chi connectivity index (χ0) is 21.8. The summed E-state index contributed by atoms with van der Waals surface area (Å²) in [6.07, 6.45) is 9.30. The smallest absolute Gasteiger partial charge is 0.118 e. The number of aliphatic hydroxyl groups excluding tert-OH is 1.